The maximum atomic E-state index is 12.5. The van der Waals surface area contributed by atoms with Crippen molar-refractivity contribution < 1.29 is 4.79 Å². The number of rotatable bonds is 5. The highest BCUT2D eigenvalue weighted by Crippen LogP contribution is 2.36. The van der Waals surface area contributed by atoms with E-state index in [1.807, 2.05) is 18.2 Å². The quantitative estimate of drug-likeness (QED) is 0.897. The van der Waals surface area contributed by atoms with Gasteiger partial charge >= 0.3 is 0 Å². The van der Waals surface area contributed by atoms with Crippen LogP contribution < -0.4 is 5.32 Å². The van der Waals surface area contributed by atoms with Crippen LogP contribution in [0.25, 0.3) is 0 Å². The number of hydrogen-bond acceptors (Lipinski definition) is 2. The van der Waals surface area contributed by atoms with E-state index in [2.05, 4.69) is 55.6 Å². The Hall–Kier alpha value is -1.74. The van der Waals surface area contributed by atoms with Crippen molar-refractivity contribution in [1.29, 1.82) is 0 Å². The summed E-state index contributed by atoms with van der Waals surface area (Å²) in [6.07, 6.45) is 1.80. The zero-order valence-electron chi connectivity index (χ0n) is 13.7. The second-order valence-electron chi connectivity index (χ2n) is 6.96. The maximum Gasteiger partial charge on any atom is 0.233 e. The Kier molecular flexibility index (Phi) is 4.76. The van der Waals surface area contributed by atoms with Gasteiger partial charge in [0, 0.05) is 11.4 Å². The van der Waals surface area contributed by atoms with E-state index in [1.165, 1.54) is 16.0 Å². The fraction of sp³-hybridized carbons (Fsp3) is 0.350. The molecule has 0 bridgehead atoms. The molecule has 3 rings (SSSR count). The Morgan fingerprint density at radius 1 is 1.13 bits per heavy atom. The lowest BCUT2D eigenvalue weighted by Crippen LogP contribution is -2.39. The van der Waals surface area contributed by atoms with Crippen molar-refractivity contribution in [1.82, 2.24) is 5.32 Å². The summed E-state index contributed by atoms with van der Waals surface area (Å²) in [6.45, 7) is 5.11. The number of benzene rings is 2. The molecule has 1 atom stereocenters. The first-order valence-corrected chi connectivity index (χ1v) is 8.98. The van der Waals surface area contributed by atoms with Gasteiger partial charge in [0.15, 0.2) is 0 Å². The molecule has 0 fully saturated rings. The van der Waals surface area contributed by atoms with Gasteiger partial charge in [-0.1, -0.05) is 62.4 Å². The lowest BCUT2D eigenvalue weighted by molar-refractivity contribution is -0.120. The van der Waals surface area contributed by atoms with Gasteiger partial charge in [0.05, 0.1) is 5.25 Å². The lowest BCUT2D eigenvalue weighted by atomic mass is 9.85. The molecular weight excluding hydrogens is 302 g/mol. The molecule has 23 heavy (non-hydrogen) atoms. The highest BCUT2D eigenvalue weighted by Gasteiger charge is 2.29. The SMILES string of the molecule is CC(C)(CNC(=O)C1Cc2ccccc2S1)Cc1ccccc1. The van der Waals surface area contributed by atoms with Crippen molar-refractivity contribution in [3.63, 3.8) is 0 Å². The van der Waals surface area contributed by atoms with Gasteiger partial charge in [-0.3, -0.25) is 4.79 Å². The monoisotopic (exact) mass is 325 g/mol. The van der Waals surface area contributed by atoms with Crippen LogP contribution in [0, 0.1) is 5.41 Å². The van der Waals surface area contributed by atoms with Gasteiger partial charge in [0.1, 0.15) is 0 Å². The second kappa shape index (κ2) is 6.79. The Balaban J connectivity index is 1.53. The van der Waals surface area contributed by atoms with E-state index in [0.717, 1.165) is 12.8 Å². The Bertz CT molecular complexity index is 656. The van der Waals surface area contributed by atoms with E-state index < -0.39 is 0 Å². The van der Waals surface area contributed by atoms with E-state index in [9.17, 15) is 4.79 Å². The summed E-state index contributed by atoms with van der Waals surface area (Å²) in [5.74, 6) is 0.160. The van der Waals surface area contributed by atoms with Crippen molar-refractivity contribution in [3.8, 4) is 0 Å². The zero-order chi connectivity index (χ0) is 16.3. The van der Waals surface area contributed by atoms with E-state index in [-0.39, 0.29) is 16.6 Å². The van der Waals surface area contributed by atoms with Gasteiger partial charge in [-0.25, -0.2) is 0 Å². The number of fused-ring (bicyclic) bond motifs is 1. The number of nitrogens with one attached hydrogen (secondary N) is 1. The zero-order valence-corrected chi connectivity index (χ0v) is 14.5. The molecule has 0 aliphatic carbocycles. The van der Waals surface area contributed by atoms with Crippen LogP contribution in [-0.4, -0.2) is 17.7 Å². The predicted molar refractivity (Wildman–Crippen MR) is 96.7 cm³/mol. The third-order valence-corrected chi connectivity index (χ3v) is 5.52. The minimum absolute atomic E-state index is 0.0138. The van der Waals surface area contributed by atoms with Crippen LogP contribution in [0.2, 0.25) is 0 Å². The first-order valence-electron chi connectivity index (χ1n) is 8.10. The van der Waals surface area contributed by atoms with Gasteiger partial charge in [-0.05, 0) is 35.4 Å². The Labute approximate surface area is 142 Å². The summed E-state index contributed by atoms with van der Waals surface area (Å²) in [5.41, 5.74) is 2.66. The van der Waals surface area contributed by atoms with E-state index in [1.54, 1.807) is 11.8 Å². The molecule has 3 heteroatoms. The van der Waals surface area contributed by atoms with E-state index in [0.29, 0.717) is 6.54 Å². The molecule has 120 valence electrons. The van der Waals surface area contributed by atoms with Gasteiger partial charge < -0.3 is 5.32 Å². The van der Waals surface area contributed by atoms with Crippen molar-refractivity contribution in [2.75, 3.05) is 6.54 Å². The number of carbonyl (C=O) groups excluding carboxylic acids is 1. The van der Waals surface area contributed by atoms with Crippen molar-refractivity contribution >= 4 is 17.7 Å². The molecule has 1 aliphatic heterocycles. The average molecular weight is 325 g/mol. The molecule has 2 aromatic rings. The van der Waals surface area contributed by atoms with Crippen molar-refractivity contribution in [3.05, 3.63) is 65.7 Å². The van der Waals surface area contributed by atoms with Crippen LogP contribution in [0.3, 0.4) is 0 Å². The maximum absolute atomic E-state index is 12.5. The minimum atomic E-state index is 0.0138. The molecule has 0 saturated heterocycles. The second-order valence-corrected chi connectivity index (χ2v) is 8.21. The smallest absolute Gasteiger partial charge is 0.233 e. The highest BCUT2D eigenvalue weighted by atomic mass is 32.2. The molecule has 1 amide bonds. The largest absolute Gasteiger partial charge is 0.355 e. The molecule has 1 unspecified atom stereocenters. The summed E-state index contributed by atoms with van der Waals surface area (Å²) < 4.78 is 0. The van der Waals surface area contributed by atoms with Crippen LogP contribution in [0.5, 0.6) is 0 Å². The molecule has 1 aliphatic rings. The number of amides is 1. The van der Waals surface area contributed by atoms with E-state index >= 15 is 0 Å². The molecule has 1 heterocycles. The Morgan fingerprint density at radius 2 is 1.83 bits per heavy atom. The fourth-order valence-corrected chi connectivity index (χ4v) is 4.20. The van der Waals surface area contributed by atoms with Gasteiger partial charge in [0.25, 0.3) is 0 Å². The predicted octanol–water partition coefficient (Wildman–Crippen LogP) is 4.09. The summed E-state index contributed by atoms with van der Waals surface area (Å²) in [6, 6.07) is 18.8. The van der Waals surface area contributed by atoms with Crippen LogP contribution in [0.15, 0.2) is 59.5 Å². The Morgan fingerprint density at radius 3 is 2.57 bits per heavy atom. The molecule has 2 aromatic carbocycles. The average Bonchev–Trinajstić information content (AvgIpc) is 2.97. The molecule has 0 aromatic heterocycles. The van der Waals surface area contributed by atoms with Crippen LogP contribution in [-0.2, 0) is 17.6 Å². The molecule has 2 nitrogen and oxygen atoms in total. The summed E-state index contributed by atoms with van der Waals surface area (Å²) in [4.78, 5) is 13.7. The van der Waals surface area contributed by atoms with Crippen molar-refractivity contribution in [2.24, 2.45) is 5.41 Å². The topological polar surface area (TPSA) is 29.1 Å². The molecule has 0 saturated carbocycles. The minimum Gasteiger partial charge on any atom is -0.355 e. The summed E-state index contributed by atoms with van der Waals surface area (Å²) >= 11 is 1.69. The van der Waals surface area contributed by atoms with Gasteiger partial charge in [-0.2, -0.15) is 0 Å². The highest BCUT2D eigenvalue weighted by molar-refractivity contribution is 8.01. The summed E-state index contributed by atoms with van der Waals surface area (Å²) in [5, 5.41) is 3.17. The van der Waals surface area contributed by atoms with Crippen molar-refractivity contribution in [2.45, 2.75) is 36.8 Å². The molecule has 0 spiro atoms. The molecule has 1 N–H and O–H groups in total. The van der Waals surface area contributed by atoms with Crippen LogP contribution in [0.1, 0.15) is 25.0 Å². The number of thioether (sulfide) groups is 1. The number of carbonyl (C=O) groups is 1. The lowest BCUT2D eigenvalue weighted by Gasteiger charge is -2.26. The van der Waals surface area contributed by atoms with Gasteiger partial charge in [0.2, 0.25) is 5.91 Å². The first-order chi connectivity index (χ1) is 11.0. The third-order valence-electron chi connectivity index (χ3n) is 4.21. The first kappa shape index (κ1) is 16.1. The van der Waals surface area contributed by atoms with Crippen LogP contribution >= 0.6 is 11.8 Å². The summed E-state index contributed by atoms with van der Waals surface area (Å²) in [7, 11) is 0. The van der Waals surface area contributed by atoms with E-state index in [4.69, 9.17) is 0 Å². The normalized spacial score (nSPS) is 16.9. The number of hydrogen-bond donors (Lipinski definition) is 1. The fourth-order valence-electron chi connectivity index (χ4n) is 2.98. The standard InChI is InChI=1S/C20H23NOS/c1-20(2,13-15-8-4-3-5-9-15)14-21-19(22)18-12-16-10-6-7-11-17(16)23-18/h3-11,18H,12-14H2,1-2H3,(H,21,22). The third kappa shape index (κ3) is 4.17. The van der Waals surface area contributed by atoms with Crippen LogP contribution in [0.4, 0.5) is 0 Å². The molecular formula is C20H23NOS. The molecule has 0 radical (unpaired) electrons. The van der Waals surface area contributed by atoms with Gasteiger partial charge in [-0.15, -0.1) is 11.8 Å².